The second-order valence-corrected chi connectivity index (χ2v) is 5.36. The highest BCUT2D eigenvalue weighted by Crippen LogP contribution is 2.33. The predicted molar refractivity (Wildman–Crippen MR) is 75.7 cm³/mol. The van der Waals surface area contributed by atoms with Gasteiger partial charge in [-0.1, -0.05) is 27.2 Å². The Morgan fingerprint density at radius 1 is 1.60 bits per heavy atom. The first-order valence-corrected chi connectivity index (χ1v) is 7.21. The average Bonchev–Trinajstić information content (AvgIpc) is 2.45. The molecule has 0 aromatic carbocycles. The van der Waals surface area contributed by atoms with E-state index in [0.29, 0.717) is 12.8 Å². The molecular formula is C15H25NO4. The van der Waals surface area contributed by atoms with Gasteiger partial charge >= 0.3 is 5.97 Å². The number of aliphatic hydroxyl groups is 1. The second-order valence-electron chi connectivity index (χ2n) is 5.36. The maximum Gasteiger partial charge on any atom is 0.359 e. The van der Waals surface area contributed by atoms with Crippen LogP contribution < -0.4 is 0 Å². The van der Waals surface area contributed by atoms with E-state index in [0.717, 1.165) is 12.8 Å². The van der Waals surface area contributed by atoms with Gasteiger partial charge < -0.3 is 14.7 Å². The molecule has 0 aromatic rings. The number of allylic oxidation sites excluding steroid dienone is 1. The minimum absolute atomic E-state index is 0.0241. The van der Waals surface area contributed by atoms with Crippen molar-refractivity contribution in [2.45, 2.75) is 58.2 Å². The Morgan fingerprint density at radius 3 is 2.75 bits per heavy atom. The summed E-state index contributed by atoms with van der Waals surface area (Å²) in [6.45, 7) is 5.73. The molecule has 114 valence electrons. The summed E-state index contributed by atoms with van der Waals surface area (Å²) in [5.41, 5.74) is -1.72. The Bertz CT molecular complexity index is 393. The van der Waals surface area contributed by atoms with Crippen molar-refractivity contribution >= 4 is 11.8 Å². The van der Waals surface area contributed by atoms with Crippen LogP contribution >= 0.6 is 0 Å². The van der Waals surface area contributed by atoms with E-state index in [2.05, 4.69) is 0 Å². The zero-order valence-electron chi connectivity index (χ0n) is 12.8. The number of nitrogens with zero attached hydrogens (tertiary/aromatic N) is 1. The molecule has 0 saturated heterocycles. The number of hydrogen-bond acceptors (Lipinski definition) is 5. The zero-order valence-corrected chi connectivity index (χ0v) is 12.8. The SMILES string of the molecule is CCC[C@H]1CC(=O)C=CN1C(O)(C(=O)OC)C(C)CC. The lowest BCUT2D eigenvalue weighted by atomic mass is 9.89. The third-order valence-electron chi connectivity index (χ3n) is 4.05. The van der Waals surface area contributed by atoms with Crippen LogP contribution in [0.25, 0.3) is 0 Å². The van der Waals surface area contributed by atoms with Crippen molar-refractivity contribution in [1.29, 1.82) is 0 Å². The first-order chi connectivity index (χ1) is 9.41. The third kappa shape index (κ3) is 3.03. The van der Waals surface area contributed by atoms with Gasteiger partial charge in [0.1, 0.15) is 0 Å². The fourth-order valence-electron chi connectivity index (χ4n) is 2.65. The highest BCUT2D eigenvalue weighted by molar-refractivity contribution is 5.91. The van der Waals surface area contributed by atoms with Crippen LogP contribution in [0.15, 0.2) is 12.3 Å². The first-order valence-electron chi connectivity index (χ1n) is 7.21. The van der Waals surface area contributed by atoms with Crippen LogP contribution in [0.2, 0.25) is 0 Å². The molecule has 3 atom stereocenters. The summed E-state index contributed by atoms with van der Waals surface area (Å²) in [7, 11) is 1.27. The quantitative estimate of drug-likeness (QED) is 0.754. The highest BCUT2D eigenvalue weighted by Gasteiger charge is 2.49. The van der Waals surface area contributed by atoms with Crippen LogP contribution in [0, 0.1) is 5.92 Å². The van der Waals surface area contributed by atoms with Gasteiger partial charge in [-0.3, -0.25) is 4.79 Å². The number of hydrogen-bond donors (Lipinski definition) is 1. The monoisotopic (exact) mass is 283 g/mol. The maximum absolute atomic E-state index is 12.1. The van der Waals surface area contributed by atoms with Gasteiger partial charge in [0.15, 0.2) is 5.78 Å². The molecule has 1 rings (SSSR count). The minimum Gasteiger partial charge on any atom is -0.465 e. The third-order valence-corrected chi connectivity index (χ3v) is 4.05. The standard InChI is InChI=1S/C15H25NO4/c1-5-7-12-10-13(17)8-9-16(12)15(19,11(3)6-2)14(18)20-4/h8-9,11-12,19H,5-7,10H2,1-4H3/t11?,12-,15?/m0/s1. The fourth-order valence-corrected chi connectivity index (χ4v) is 2.65. The van der Waals surface area contributed by atoms with Crippen LogP contribution in [0.4, 0.5) is 0 Å². The molecule has 0 spiro atoms. The average molecular weight is 283 g/mol. The van der Waals surface area contributed by atoms with Crippen molar-refractivity contribution in [1.82, 2.24) is 4.90 Å². The van der Waals surface area contributed by atoms with Gasteiger partial charge in [-0.2, -0.15) is 0 Å². The van der Waals surface area contributed by atoms with Gasteiger partial charge in [0, 0.05) is 24.6 Å². The van der Waals surface area contributed by atoms with E-state index in [9.17, 15) is 14.7 Å². The summed E-state index contributed by atoms with van der Waals surface area (Å²) in [6.07, 6.45) is 5.52. The largest absolute Gasteiger partial charge is 0.465 e. The van der Waals surface area contributed by atoms with E-state index in [1.54, 1.807) is 4.90 Å². The van der Waals surface area contributed by atoms with E-state index >= 15 is 0 Å². The molecule has 0 fully saturated rings. The lowest BCUT2D eigenvalue weighted by Crippen LogP contribution is -2.61. The molecule has 0 radical (unpaired) electrons. The van der Waals surface area contributed by atoms with E-state index in [4.69, 9.17) is 4.74 Å². The highest BCUT2D eigenvalue weighted by atomic mass is 16.5. The van der Waals surface area contributed by atoms with Crippen LogP contribution in [-0.4, -0.2) is 40.6 Å². The molecule has 0 bridgehead atoms. The van der Waals surface area contributed by atoms with Crippen molar-refractivity contribution in [3.63, 3.8) is 0 Å². The van der Waals surface area contributed by atoms with Crippen molar-refractivity contribution in [2.24, 2.45) is 5.92 Å². The van der Waals surface area contributed by atoms with Crippen LogP contribution in [0.5, 0.6) is 0 Å². The molecule has 2 unspecified atom stereocenters. The van der Waals surface area contributed by atoms with E-state index < -0.39 is 11.7 Å². The molecule has 0 amide bonds. The molecule has 5 heteroatoms. The van der Waals surface area contributed by atoms with Crippen molar-refractivity contribution in [2.75, 3.05) is 7.11 Å². The predicted octanol–water partition coefficient (Wildman–Crippen LogP) is 1.85. The Kier molecular flexibility index (Phi) is 5.74. The van der Waals surface area contributed by atoms with Gasteiger partial charge in [0.2, 0.25) is 5.72 Å². The number of ether oxygens (including phenoxy) is 1. The summed E-state index contributed by atoms with van der Waals surface area (Å²) >= 11 is 0. The van der Waals surface area contributed by atoms with Gasteiger partial charge in [-0.05, 0) is 18.9 Å². The summed E-state index contributed by atoms with van der Waals surface area (Å²) < 4.78 is 4.80. The molecule has 0 aromatic heterocycles. The van der Waals surface area contributed by atoms with Gasteiger partial charge in [0.05, 0.1) is 7.11 Å². The summed E-state index contributed by atoms with van der Waals surface area (Å²) in [6, 6.07) is -0.171. The Hall–Kier alpha value is -1.36. The molecule has 1 N–H and O–H groups in total. The van der Waals surface area contributed by atoms with Gasteiger partial charge in [0.25, 0.3) is 0 Å². The minimum atomic E-state index is -1.72. The van der Waals surface area contributed by atoms with Crippen molar-refractivity contribution < 1.29 is 19.4 Å². The van der Waals surface area contributed by atoms with Crippen LogP contribution in [0.3, 0.4) is 0 Å². The number of esters is 1. The molecule has 1 heterocycles. The molecule has 0 saturated carbocycles. The number of carbonyl (C=O) groups excluding carboxylic acids is 2. The van der Waals surface area contributed by atoms with E-state index in [1.807, 2.05) is 20.8 Å². The van der Waals surface area contributed by atoms with Gasteiger partial charge in [-0.25, -0.2) is 4.79 Å². The van der Waals surface area contributed by atoms with Crippen molar-refractivity contribution in [3.8, 4) is 0 Å². The molecular weight excluding hydrogens is 258 g/mol. The second kappa shape index (κ2) is 6.88. The lowest BCUT2D eigenvalue weighted by Gasteiger charge is -2.45. The lowest BCUT2D eigenvalue weighted by molar-refractivity contribution is -0.198. The Balaban J connectivity index is 3.19. The van der Waals surface area contributed by atoms with E-state index in [1.165, 1.54) is 19.4 Å². The molecule has 1 aliphatic rings. The number of carbonyl (C=O) groups is 2. The van der Waals surface area contributed by atoms with Crippen LogP contribution in [0.1, 0.15) is 46.5 Å². The molecule has 5 nitrogen and oxygen atoms in total. The topological polar surface area (TPSA) is 66.8 Å². The maximum atomic E-state index is 12.1. The summed E-state index contributed by atoms with van der Waals surface area (Å²) in [5, 5.41) is 10.9. The first kappa shape index (κ1) is 16.7. The Labute approximate surface area is 120 Å². The molecule has 0 aliphatic carbocycles. The normalized spacial score (nSPS) is 23.4. The van der Waals surface area contributed by atoms with Crippen molar-refractivity contribution in [3.05, 3.63) is 12.3 Å². The molecule has 1 aliphatic heterocycles. The number of rotatable bonds is 6. The Morgan fingerprint density at radius 2 is 2.25 bits per heavy atom. The zero-order chi connectivity index (χ0) is 15.3. The van der Waals surface area contributed by atoms with Crippen LogP contribution in [-0.2, 0) is 14.3 Å². The summed E-state index contributed by atoms with van der Waals surface area (Å²) in [4.78, 5) is 25.3. The summed E-state index contributed by atoms with van der Waals surface area (Å²) in [5.74, 6) is -0.949. The fraction of sp³-hybridized carbons (Fsp3) is 0.733. The molecule has 20 heavy (non-hydrogen) atoms. The number of ketones is 1. The number of methoxy groups -OCH3 is 1. The smallest absolute Gasteiger partial charge is 0.359 e. The van der Waals surface area contributed by atoms with Gasteiger partial charge in [-0.15, -0.1) is 0 Å². The van der Waals surface area contributed by atoms with E-state index in [-0.39, 0.29) is 17.7 Å².